The van der Waals surface area contributed by atoms with Crippen molar-refractivity contribution in [2.75, 3.05) is 12.4 Å². The van der Waals surface area contributed by atoms with Crippen LogP contribution < -0.4 is 14.8 Å². The minimum atomic E-state index is -0.973. The number of nitrogens with one attached hydrogen (secondary N) is 1. The molecule has 0 aliphatic heterocycles. The zero-order valence-corrected chi connectivity index (χ0v) is 13.5. The lowest BCUT2D eigenvalue weighted by atomic mass is 10.1. The zero-order chi connectivity index (χ0) is 16.8. The standard InChI is InChI=1S/C18H21NO4/c1-12(2)23-16-7-5-4-6-14(16)11-19-15-10-13(18(20)21)8-9-17(15)22-3/h4-10,12,19H,11H2,1-3H3,(H,20,21). The number of methoxy groups -OCH3 is 1. The van der Waals surface area contributed by atoms with Gasteiger partial charge in [0, 0.05) is 12.1 Å². The van der Waals surface area contributed by atoms with Crippen LogP contribution in [0.3, 0.4) is 0 Å². The second kappa shape index (κ2) is 7.54. The Kier molecular flexibility index (Phi) is 5.46. The van der Waals surface area contributed by atoms with Crippen LogP contribution in [0.15, 0.2) is 42.5 Å². The Morgan fingerprint density at radius 1 is 1.17 bits per heavy atom. The number of benzene rings is 2. The molecule has 0 bridgehead atoms. The Bertz CT molecular complexity index is 682. The second-order valence-electron chi connectivity index (χ2n) is 5.35. The molecule has 0 atom stereocenters. The fourth-order valence-electron chi connectivity index (χ4n) is 2.19. The molecule has 122 valence electrons. The van der Waals surface area contributed by atoms with Crippen molar-refractivity contribution in [1.29, 1.82) is 0 Å². The van der Waals surface area contributed by atoms with E-state index in [4.69, 9.17) is 14.6 Å². The number of ether oxygens (including phenoxy) is 2. The summed E-state index contributed by atoms with van der Waals surface area (Å²) in [6, 6.07) is 12.5. The van der Waals surface area contributed by atoms with E-state index in [0.717, 1.165) is 11.3 Å². The Hall–Kier alpha value is -2.69. The molecule has 5 nitrogen and oxygen atoms in total. The SMILES string of the molecule is COc1ccc(C(=O)O)cc1NCc1ccccc1OC(C)C. The van der Waals surface area contributed by atoms with Crippen molar-refractivity contribution in [2.24, 2.45) is 0 Å². The van der Waals surface area contributed by atoms with Crippen LogP contribution in [0.5, 0.6) is 11.5 Å². The van der Waals surface area contributed by atoms with Gasteiger partial charge in [-0.2, -0.15) is 0 Å². The molecule has 0 amide bonds. The number of rotatable bonds is 7. The smallest absolute Gasteiger partial charge is 0.335 e. The Balaban J connectivity index is 2.20. The first-order valence-electron chi connectivity index (χ1n) is 7.41. The van der Waals surface area contributed by atoms with Gasteiger partial charge in [-0.05, 0) is 38.1 Å². The van der Waals surface area contributed by atoms with Crippen LogP contribution in [-0.4, -0.2) is 24.3 Å². The number of aromatic carboxylic acids is 1. The van der Waals surface area contributed by atoms with E-state index in [1.54, 1.807) is 19.2 Å². The summed E-state index contributed by atoms with van der Waals surface area (Å²) in [6.45, 7) is 4.45. The fourth-order valence-corrected chi connectivity index (χ4v) is 2.19. The number of anilines is 1. The molecule has 2 aromatic carbocycles. The Labute approximate surface area is 135 Å². The molecular weight excluding hydrogens is 294 g/mol. The van der Waals surface area contributed by atoms with Gasteiger partial charge in [0.1, 0.15) is 11.5 Å². The first kappa shape index (κ1) is 16.7. The molecule has 0 fully saturated rings. The minimum absolute atomic E-state index is 0.0843. The number of carboxylic acids is 1. The van der Waals surface area contributed by atoms with E-state index in [0.29, 0.717) is 18.0 Å². The van der Waals surface area contributed by atoms with Crippen LogP contribution in [0.2, 0.25) is 0 Å². The Morgan fingerprint density at radius 2 is 1.91 bits per heavy atom. The fraction of sp³-hybridized carbons (Fsp3) is 0.278. The second-order valence-corrected chi connectivity index (χ2v) is 5.35. The van der Waals surface area contributed by atoms with Crippen molar-refractivity contribution in [2.45, 2.75) is 26.5 Å². The van der Waals surface area contributed by atoms with Crippen molar-refractivity contribution in [3.8, 4) is 11.5 Å². The summed E-state index contributed by atoms with van der Waals surface area (Å²) in [7, 11) is 1.55. The molecule has 0 aromatic heterocycles. The Morgan fingerprint density at radius 3 is 2.57 bits per heavy atom. The maximum absolute atomic E-state index is 11.1. The third kappa shape index (κ3) is 4.39. The van der Waals surface area contributed by atoms with Gasteiger partial charge in [-0.25, -0.2) is 4.79 Å². The minimum Gasteiger partial charge on any atom is -0.495 e. The van der Waals surface area contributed by atoms with E-state index < -0.39 is 5.97 Å². The maximum atomic E-state index is 11.1. The molecule has 0 heterocycles. The third-order valence-corrected chi connectivity index (χ3v) is 3.25. The predicted octanol–water partition coefficient (Wildman–Crippen LogP) is 3.79. The normalized spacial score (nSPS) is 10.4. The van der Waals surface area contributed by atoms with Gasteiger partial charge < -0.3 is 19.9 Å². The number of carboxylic acid groups (broad SMARTS) is 1. The summed E-state index contributed by atoms with van der Waals surface area (Å²) in [4.78, 5) is 11.1. The van der Waals surface area contributed by atoms with Crippen LogP contribution in [-0.2, 0) is 6.54 Å². The van der Waals surface area contributed by atoms with Crippen LogP contribution >= 0.6 is 0 Å². The number of para-hydroxylation sites is 1. The molecule has 2 aromatic rings. The monoisotopic (exact) mass is 315 g/mol. The molecule has 5 heteroatoms. The molecule has 0 spiro atoms. The molecule has 0 saturated heterocycles. The topological polar surface area (TPSA) is 67.8 Å². The third-order valence-electron chi connectivity index (χ3n) is 3.25. The molecule has 2 rings (SSSR count). The van der Waals surface area contributed by atoms with Crippen LogP contribution in [0.4, 0.5) is 5.69 Å². The largest absolute Gasteiger partial charge is 0.495 e. The quantitative estimate of drug-likeness (QED) is 0.813. The zero-order valence-electron chi connectivity index (χ0n) is 13.5. The molecule has 0 unspecified atom stereocenters. The summed E-state index contributed by atoms with van der Waals surface area (Å²) < 4.78 is 11.1. The van der Waals surface area contributed by atoms with Crippen molar-refractivity contribution in [3.05, 3.63) is 53.6 Å². The van der Waals surface area contributed by atoms with Gasteiger partial charge >= 0.3 is 5.97 Å². The van der Waals surface area contributed by atoms with Gasteiger partial charge in [0.2, 0.25) is 0 Å². The highest BCUT2D eigenvalue weighted by atomic mass is 16.5. The summed E-state index contributed by atoms with van der Waals surface area (Å²) >= 11 is 0. The van der Waals surface area contributed by atoms with E-state index >= 15 is 0 Å². The van der Waals surface area contributed by atoms with Crippen LogP contribution in [0.1, 0.15) is 29.8 Å². The summed E-state index contributed by atoms with van der Waals surface area (Å²) in [5.74, 6) is 0.430. The molecule has 0 saturated carbocycles. The highest BCUT2D eigenvalue weighted by Gasteiger charge is 2.10. The van der Waals surface area contributed by atoms with Gasteiger partial charge in [0.25, 0.3) is 0 Å². The lowest BCUT2D eigenvalue weighted by Crippen LogP contribution is -2.10. The predicted molar refractivity (Wildman–Crippen MR) is 89.5 cm³/mol. The molecule has 0 aliphatic carbocycles. The van der Waals surface area contributed by atoms with E-state index in [1.807, 2.05) is 38.1 Å². The summed E-state index contributed by atoms with van der Waals surface area (Å²) in [5, 5.41) is 12.3. The number of hydrogen-bond acceptors (Lipinski definition) is 4. The van der Waals surface area contributed by atoms with Crippen molar-refractivity contribution < 1.29 is 19.4 Å². The lowest BCUT2D eigenvalue weighted by molar-refractivity contribution is 0.0697. The van der Waals surface area contributed by atoms with Crippen LogP contribution in [0, 0.1) is 0 Å². The van der Waals surface area contributed by atoms with Gasteiger partial charge in [-0.15, -0.1) is 0 Å². The number of carbonyl (C=O) groups is 1. The molecule has 0 radical (unpaired) electrons. The number of hydrogen-bond donors (Lipinski definition) is 2. The highest BCUT2D eigenvalue weighted by Crippen LogP contribution is 2.27. The van der Waals surface area contributed by atoms with Crippen LogP contribution in [0.25, 0.3) is 0 Å². The maximum Gasteiger partial charge on any atom is 0.335 e. The lowest BCUT2D eigenvalue weighted by Gasteiger charge is -2.16. The molecule has 23 heavy (non-hydrogen) atoms. The first-order chi connectivity index (χ1) is 11.0. The van der Waals surface area contributed by atoms with Crippen molar-refractivity contribution in [1.82, 2.24) is 0 Å². The van der Waals surface area contributed by atoms with Gasteiger partial charge in [0.15, 0.2) is 0 Å². The average molecular weight is 315 g/mol. The van der Waals surface area contributed by atoms with E-state index in [-0.39, 0.29) is 11.7 Å². The summed E-state index contributed by atoms with van der Waals surface area (Å²) in [5.41, 5.74) is 1.83. The van der Waals surface area contributed by atoms with Gasteiger partial charge in [-0.1, -0.05) is 18.2 Å². The molecular formula is C18H21NO4. The van der Waals surface area contributed by atoms with Gasteiger partial charge in [-0.3, -0.25) is 0 Å². The van der Waals surface area contributed by atoms with Crippen molar-refractivity contribution >= 4 is 11.7 Å². The van der Waals surface area contributed by atoms with Crippen molar-refractivity contribution in [3.63, 3.8) is 0 Å². The first-order valence-corrected chi connectivity index (χ1v) is 7.41. The van der Waals surface area contributed by atoms with E-state index in [1.165, 1.54) is 6.07 Å². The highest BCUT2D eigenvalue weighted by molar-refractivity contribution is 5.89. The summed E-state index contributed by atoms with van der Waals surface area (Å²) in [6.07, 6.45) is 0.0843. The van der Waals surface area contributed by atoms with E-state index in [2.05, 4.69) is 5.32 Å². The molecule has 2 N–H and O–H groups in total. The molecule has 0 aliphatic rings. The van der Waals surface area contributed by atoms with E-state index in [9.17, 15) is 4.79 Å². The average Bonchev–Trinajstić information content (AvgIpc) is 2.53. The van der Waals surface area contributed by atoms with Gasteiger partial charge in [0.05, 0.1) is 24.5 Å².